The molecule has 0 spiro atoms. The Labute approximate surface area is 397 Å². The summed E-state index contributed by atoms with van der Waals surface area (Å²) in [6.45, 7) is 5.33. The van der Waals surface area contributed by atoms with Gasteiger partial charge in [-0.3, -0.25) is 9.36 Å². The van der Waals surface area contributed by atoms with Gasteiger partial charge < -0.3 is 27.9 Å². The van der Waals surface area contributed by atoms with Crippen molar-refractivity contribution in [3.05, 3.63) is 48.6 Å². The van der Waals surface area contributed by atoms with E-state index in [4.69, 9.17) is 18.5 Å². The van der Waals surface area contributed by atoms with Gasteiger partial charge in [-0.05, 0) is 51.4 Å². The maximum atomic E-state index is 12.8. The zero-order valence-corrected chi connectivity index (χ0v) is 43.6. The molecular formula is C55H104NO7P. The van der Waals surface area contributed by atoms with Crippen LogP contribution in [0.4, 0.5) is 0 Å². The minimum atomic E-state index is -4.53. The van der Waals surface area contributed by atoms with Crippen LogP contribution >= 0.6 is 7.82 Å². The Morgan fingerprint density at radius 1 is 0.500 bits per heavy atom. The van der Waals surface area contributed by atoms with Crippen LogP contribution in [0.2, 0.25) is 0 Å². The summed E-state index contributed by atoms with van der Waals surface area (Å²) in [5.41, 5.74) is 0. The van der Waals surface area contributed by atoms with Crippen molar-refractivity contribution in [3.8, 4) is 0 Å². The van der Waals surface area contributed by atoms with E-state index < -0.39 is 13.9 Å². The zero-order valence-electron chi connectivity index (χ0n) is 42.7. The fraction of sp³-hybridized carbons (Fsp3) is 0.836. The van der Waals surface area contributed by atoms with Gasteiger partial charge in [-0.25, -0.2) is 0 Å². The summed E-state index contributed by atoms with van der Waals surface area (Å²) >= 11 is 0. The lowest BCUT2D eigenvalue weighted by atomic mass is 10.0. The Kier molecular flexibility index (Phi) is 46.8. The van der Waals surface area contributed by atoms with Crippen LogP contribution in [0.5, 0.6) is 0 Å². The van der Waals surface area contributed by atoms with Crippen molar-refractivity contribution < 1.29 is 37.3 Å². The van der Waals surface area contributed by atoms with E-state index in [1.54, 1.807) is 0 Å². The first-order valence-corrected chi connectivity index (χ1v) is 28.3. The number of carbonyl (C=O) groups is 1. The third kappa shape index (κ3) is 51.4. The third-order valence-corrected chi connectivity index (χ3v) is 12.6. The van der Waals surface area contributed by atoms with Gasteiger partial charge >= 0.3 is 5.97 Å². The smallest absolute Gasteiger partial charge is 0.306 e. The fourth-order valence-corrected chi connectivity index (χ4v) is 8.27. The number of ether oxygens (including phenoxy) is 2. The van der Waals surface area contributed by atoms with E-state index in [1.165, 1.54) is 161 Å². The van der Waals surface area contributed by atoms with Crippen LogP contribution in [0.3, 0.4) is 0 Å². The Morgan fingerprint density at radius 2 is 0.906 bits per heavy atom. The molecular weight excluding hydrogens is 818 g/mol. The molecule has 0 rings (SSSR count). The topological polar surface area (TPSA) is 94.1 Å². The summed E-state index contributed by atoms with van der Waals surface area (Å²) in [7, 11) is 1.36. The predicted molar refractivity (Wildman–Crippen MR) is 273 cm³/mol. The molecule has 2 atom stereocenters. The highest BCUT2D eigenvalue weighted by Crippen LogP contribution is 2.38. The van der Waals surface area contributed by atoms with Crippen LogP contribution in [-0.4, -0.2) is 70.7 Å². The number of hydrogen-bond acceptors (Lipinski definition) is 7. The molecule has 9 heteroatoms. The molecule has 0 aliphatic heterocycles. The quantitative estimate of drug-likeness (QED) is 0.0197. The van der Waals surface area contributed by atoms with Crippen molar-refractivity contribution in [1.29, 1.82) is 0 Å². The van der Waals surface area contributed by atoms with Gasteiger partial charge in [-0.1, -0.05) is 229 Å². The summed E-state index contributed by atoms with van der Waals surface area (Å²) < 4.78 is 34.8. The molecule has 8 nitrogen and oxygen atoms in total. The molecule has 0 saturated heterocycles. The van der Waals surface area contributed by atoms with E-state index in [2.05, 4.69) is 62.5 Å². The summed E-state index contributed by atoms with van der Waals surface area (Å²) in [6, 6.07) is 0. The van der Waals surface area contributed by atoms with Crippen LogP contribution in [-0.2, 0) is 27.9 Å². The molecule has 0 aromatic heterocycles. The number of allylic oxidation sites excluding steroid dienone is 8. The number of unbranched alkanes of at least 4 members (excludes halogenated alkanes) is 28. The number of phosphoric ester groups is 1. The molecule has 64 heavy (non-hydrogen) atoms. The van der Waals surface area contributed by atoms with E-state index in [-0.39, 0.29) is 25.8 Å². The van der Waals surface area contributed by atoms with Crippen molar-refractivity contribution in [2.45, 2.75) is 245 Å². The molecule has 0 N–H and O–H groups in total. The van der Waals surface area contributed by atoms with E-state index >= 15 is 0 Å². The molecule has 0 aromatic rings. The SMILES string of the molecule is CC/C=C\C/C=C\C/C=C\C/C=C\CCCCCCCCCCCCCOCC(COP(=O)([O-])OCC[N+](C)(C)C)OC(=O)CCCCCCCCCCCCCCCCCCCC. The second-order valence-corrected chi connectivity index (χ2v) is 20.6. The van der Waals surface area contributed by atoms with Gasteiger partial charge in [0.05, 0.1) is 34.4 Å². The number of nitrogens with zero attached hydrogens (tertiary/aromatic N) is 1. The molecule has 0 aliphatic carbocycles. The number of likely N-dealkylation sites (N-methyl/N-ethyl adjacent to an activating group) is 1. The van der Waals surface area contributed by atoms with Crippen LogP contribution < -0.4 is 4.89 Å². The van der Waals surface area contributed by atoms with Gasteiger partial charge in [-0.2, -0.15) is 0 Å². The lowest BCUT2D eigenvalue weighted by Crippen LogP contribution is -2.37. The fourth-order valence-electron chi connectivity index (χ4n) is 7.54. The van der Waals surface area contributed by atoms with Gasteiger partial charge in [0.25, 0.3) is 7.82 Å². The number of rotatable bonds is 50. The number of esters is 1. The summed E-state index contributed by atoms with van der Waals surface area (Å²) in [5, 5.41) is 0. The van der Waals surface area contributed by atoms with Crippen LogP contribution in [0.15, 0.2) is 48.6 Å². The number of quaternary nitrogens is 1. The van der Waals surface area contributed by atoms with Crippen molar-refractivity contribution in [3.63, 3.8) is 0 Å². The second kappa shape index (κ2) is 47.9. The Bertz CT molecular complexity index is 1160. The normalized spacial score (nSPS) is 13.9. The Balaban J connectivity index is 4.09. The molecule has 0 radical (unpaired) electrons. The molecule has 2 unspecified atom stereocenters. The van der Waals surface area contributed by atoms with E-state index in [0.29, 0.717) is 24.1 Å². The Hall–Kier alpha value is -1.54. The predicted octanol–water partition coefficient (Wildman–Crippen LogP) is 16.0. The number of carbonyl (C=O) groups excluding carboxylic acids is 1. The lowest BCUT2D eigenvalue weighted by Gasteiger charge is -2.28. The Morgan fingerprint density at radius 3 is 1.36 bits per heavy atom. The second-order valence-electron chi connectivity index (χ2n) is 19.2. The minimum Gasteiger partial charge on any atom is -0.756 e. The zero-order chi connectivity index (χ0) is 46.9. The first-order chi connectivity index (χ1) is 31.1. The highest BCUT2D eigenvalue weighted by molar-refractivity contribution is 7.45. The van der Waals surface area contributed by atoms with Gasteiger partial charge in [0.1, 0.15) is 19.3 Å². The number of phosphoric acid groups is 1. The average Bonchev–Trinajstić information content (AvgIpc) is 3.25. The van der Waals surface area contributed by atoms with Crippen molar-refractivity contribution >= 4 is 13.8 Å². The standard InChI is InChI=1S/C55H104NO7P/c1-6-8-10-12-14-16-18-20-22-24-26-27-28-29-30-31-33-35-37-39-41-43-45-47-50-60-52-54(53-62-64(58,59)61-51-49-56(3,4)5)63-55(57)48-46-44-42-40-38-36-34-32-25-23-21-19-17-15-13-11-9-7-2/h8,10,14,16,20,22,26-27,54H,6-7,9,11-13,15,17-19,21,23-25,28-53H2,1-5H3/b10-8-,16-14-,22-20-,27-26-. The van der Waals surface area contributed by atoms with Gasteiger partial charge in [0.2, 0.25) is 0 Å². The minimum absolute atomic E-state index is 0.0261. The highest BCUT2D eigenvalue weighted by atomic mass is 31.2. The van der Waals surface area contributed by atoms with E-state index in [0.717, 1.165) is 57.8 Å². The van der Waals surface area contributed by atoms with E-state index in [9.17, 15) is 14.3 Å². The molecule has 0 heterocycles. The first-order valence-electron chi connectivity index (χ1n) is 26.9. The van der Waals surface area contributed by atoms with Crippen molar-refractivity contribution in [2.75, 3.05) is 54.1 Å². The summed E-state index contributed by atoms with van der Waals surface area (Å²) in [5.74, 6) is -0.331. The van der Waals surface area contributed by atoms with Crippen molar-refractivity contribution in [2.24, 2.45) is 0 Å². The molecule has 0 aliphatic rings. The largest absolute Gasteiger partial charge is 0.756 e. The third-order valence-electron chi connectivity index (χ3n) is 11.6. The van der Waals surface area contributed by atoms with E-state index in [1.807, 2.05) is 21.1 Å². The van der Waals surface area contributed by atoms with Gasteiger partial charge in [0, 0.05) is 13.0 Å². The monoisotopic (exact) mass is 922 g/mol. The van der Waals surface area contributed by atoms with Crippen LogP contribution in [0, 0.1) is 0 Å². The molecule has 0 aromatic carbocycles. The molecule has 0 saturated carbocycles. The van der Waals surface area contributed by atoms with Gasteiger partial charge in [-0.15, -0.1) is 0 Å². The maximum absolute atomic E-state index is 12.8. The maximum Gasteiger partial charge on any atom is 0.306 e. The summed E-state index contributed by atoms with van der Waals surface area (Å²) in [6.07, 6.45) is 59.9. The molecule has 0 fully saturated rings. The van der Waals surface area contributed by atoms with Crippen molar-refractivity contribution in [1.82, 2.24) is 0 Å². The molecule has 0 bridgehead atoms. The number of hydrogen-bond donors (Lipinski definition) is 0. The average molecular weight is 922 g/mol. The lowest BCUT2D eigenvalue weighted by molar-refractivity contribution is -0.870. The van der Waals surface area contributed by atoms with Crippen LogP contribution in [0.25, 0.3) is 0 Å². The molecule has 0 amide bonds. The summed E-state index contributed by atoms with van der Waals surface area (Å²) in [4.78, 5) is 25.2. The van der Waals surface area contributed by atoms with Gasteiger partial charge in [0.15, 0.2) is 0 Å². The molecule has 376 valence electrons. The first kappa shape index (κ1) is 62.5. The highest BCUT2D eigenvalue weighted by Gasteiger charge is 2.20. The van der Waals surface area contributed by atoms with Crippen LogP contribution in [0.1, 0.15) is 239 Å².